The lowest BCUT2D eigenvalue weighted by Gasteiger charge is -2.14. The molecule has 0 bridgehead atoms. The third kappa shape index (κ3) is 5.40. The molecule has 2 heteroatoms. The van der Waals surface area contributed by atoms with Crippen LogP contribution in [0.3, 0.4) is 0 Å². The Morgan fingerprint density at radius 2 is 2.13 bits per heavy atom. The van der Waals surface area contributed by atoms with E-state index in [1.807, 2.05) is 13.0 Å². The van der Waals surface area contributed by atoms with E-state index in [1.54, 1.807) is 0 Å². The Balaban J connectivity index is 4.41. The van der Waals surface area contributed by atoms with Crippen molar-refractivity contribution in [2.75, 3.05) is 0 Å². The normalized spacial score (nSPS) is 15.1. The van der Waals surface area contributed by atoms with Gasteiger partial charge >= 0.3 is 0 Å². The van der Waals surface area contributed by atoms with Crippen LogP contribution in [0.4, 0.5) is 0 Å². The van der Waals surface area contributed by atoms with Crippen molar-refractivity contribution in [2.45, 2.75) is 46.5 Å². The number of nitrogens with zero attached hydrogens (tertiary/aromatic N) is 1. The Morgan fingerprint density at radius 3 is 2.53 bits per heavy atom. The van der Waals surface area contributed by atoms with E-state index in [9.17, 15) is 0 Å². The molecule has 15 heavy (non-hydrogen) atoms. The number of oxime groups is 1. The van der Waals surface area contributed by atoms with Crippen LogP contribution in [0.5, 0.6) is 0 Å². The van der Waals surface area contributed by atoms with Crippen molar-refractivity contribution in [3.8, 4) is 0 Å². The molecular weight excluding hydrogens is 186 g/mol. The highest BCUT2D eigenvalue weighted by Gasteiger charge is 2.12. The SMILES string of the molecule is C=CC(C)=CCC(CC)C(CCC)=NO. The maximum atomic E-state index is 8.93. The molecule has 0 fully saturated rings. The molecule has 0 aliphatic heterocycles. The van der Waals surface area contributed by atoms with Crippen molar-refractivity contribution in [3.63, 3.8) is 0 Å². The van der Waals surface area contributed by atoms with Crippen LogP contribution < -0.4 is 0 Å². The van der Waals surface area contributed by atoms with Crippen LogP contribution in [0.15, 0.2) is 29.5 Å². The van der Waals surface area contributed by atoms with E-state index < -0.39 is 0 Å². The van der Waals surface area contributed by atoms with Crippen LogP contribution in [0, 0.1) is 5.92 Å². The molecule has 1 N–H and O–H groups in total. The van der Waals surface area contributed by atoms with Crippen molar-refractivity contribution in [2.24, 2.45) is 11.1 Å². The third-order valence-corrected chi connectivity index (χ3v) is 2.64. The van der Waals surface area contributed by atoms with Crippen molar-refractivity contribution in [1.29, 1.82) is 0 Å². The summed E-state index contributed by atoms with van der Waals surface area (Å²) in [6.07, 6.45) is 7.87. The van der Waals surface area contributed by atoms with Gasteiger partial charge in [-0.25, -0.2) is 0 Å². The summed E-state index contributed by atoms with van der Waals surface area (Å²) < 4.78 is 0. The van der Waals surface area contributed by atoms with Gasteiger partial charge in [0.05, 0.1) is 5.71 Å². The Hall–Kier alpha value is -1.05. The van der Waals surface area contributed by atoms with Gasteiger partial charge in [-0.2, -0.15) is 0 Å². The Morgan fingerprint density at radius 1 is 1.47 bits per heavy atom. The number of hydrogen-bond donors (Lipinski definition) is 1. The zero-order valence-electron chi connectivity index (χ0n) is 10.2. The van der Waals surface area contributed by atoms with E-state index in [4.69, 9.17) is 5.21 Å². The summed E-state index contributed by atoms with van der Waals surface area (Å²) in [5, 5.41) is 12.3. The zero-order valence-corrected chi connectivity index (χ0v) is 10.2. The molecule has 0 heterocycles. The van der Waals surface area contributed by atoms with Gasteiger partial charge < -0.3 is 5.21 Å². The minimum absolute atomic E-state index is 0.366. The van der Waals surface area contributed by atoms with E-state index >= 15 is 0 Å². The fourth-order valence-electron chi connectivity index (χ4n) is 1.54. The first-order valence-electron chi connectivity index (χ1n) is 5.69. The molecular formula is C13H23NO. The molecule has 0 aromatic heterocycles. The lowest BCUT2D eigenvalue weighted by molar-refractivity contribution is 0.312. The molecule has 0 radical (unpaired) electrons. The number of rotatable bonds is 7. The summed E-state index contributed by atoms with van der Waals surface area (Å²) in [5.74, 6) is 0.366. The average Bonchev–Trinajstić information content (AvgIpc) is 2.27. The van der Waals surface area contributed by atoms with Gasteiger partial charge in [-0.15, -0.1) is 0 Å². The van der Waals surface area contributed by atoms with Crippen molar-refractivity contribution >= 4 is 5.71 Å². The summed E-state index contributed by atoms with van der Waals surface area (Å²) in [5.41, 5.74) is 2.11. The van der Waals surface area contributed by atoms with Crippen LogP contribution >= 0.6 is 0 Å². The highest BCUT2D eigenvalue weighted by atomic mass is 16.4. The predicted molar refractivity (Wildman–Crippen MR) is 66.5 cm³/mol. The molecule has 0 saturated carbocycles. The van der Waals surface area contributed by atoms with Gasteiger partial charge in [0.2, 0.25) is 0 Å². The molecule has 86 valence electrons. The molecule has 0 aromatic rings. The van der Waals surface area contributed by atoms with Crippen molar-refractivity contribution < 1.29 is 5.21 Å². The molecule has 0 spiro atoms. The van der Waals surface area contributed by atoms with Gasteiger partial charge in [-0.05, 0) is 26.2 Å². The summed E-state index contributed by atoms with van der Waals surface area (Å²) in [6, 6.07) is 0. The molecule has 0 aliphatic rings. The van der Waals surface area contributed by atoms with Crippen molar-refractivity contribution in [1.82, 2.24) is 0 Å². The molecule has 0 amide bonds. The molecule has 0 aromatic carbocycles. The number of allylic oxidation sites excluding steroid dienone is 3. The summed E-state index contributed by atoms with van der Waals surface area (Å²) in [7, 11) is 0. The van der Waals surface area contributed by atoms with E-state index in [0.717, 1.165) is 31.4 Å². The Labute approximate surface area is 93.4 Å². The topological polar surface area (TPSA) is 32.6 Å². The minimum atomic E-state index is 0.366. The van der Waals surface area contributed by atoms with Gasteiger partial charge in [0.25, 0.3) is 0 Å². The molecule has 0 rings (SSSR count). The lowest BCUT2D eigenvalue weighted by Crippen LogP contribution is -2.13. The predicted octanol–water partition coefficient (Wildman–Crippen LogP) is 4.17. The fraction of sp³-hybridized carbons (Fsp3) is 0.615. The second kappa shape index (κ2) is 8.27. The van der Waals surface area contributed by atoms with E-state index in [1.165, 1.54) is 5.57 Å². The second-order valence-electron chi connectivity index (χ2n) is 3.83. The van der Waals surface area contributed by atoms with E-state index in [2.05, 4.69) is 31.7 Å². The van der Waals surface area contributed by atoms with E-state index in [-0.39, 0.29) is 0 Å². The smallest absolute Gasteiger partial charge is 0.0604 e. The maximum Gasteiger partial charge on any atom is 0.0604 e. The molecule has 0 saturated heterocycles. The first kappa shape index (κ1) is 13.9. The zero-order chi connectivity index (χ0) is 11.7. The van der Waals surface area contributed by atoms with E-state index in [0.29, 0.717) is 5.92 Å². The van der Waals surface area contributed by atoms with Gasteiger partial charge in [0.1, 0.15) is 0 Å². The van der Waals surface area contributed by atoms with Crippen LogP contribution in [0.25, 0.3) is 0 Å². The Kier molecular flexibility index (Phi) is 7.69. The lowest BCUT2D eigenvalue weighted by atomic mass is 9.93. The quantitative estimate of drug-likeness (QED) is 0.290. The second-order valence-corrected chi connectivity index (χ2v) is 3.83. The average molecular weight is 209 g/mol. The summed E-state index contributed by atoms with van der Waals surface area (Å²) in [6.45, 7) is 9.98. The first-order valence-corrected chi connectivity index (χ1v) is 5.69. The highest BCUT2D eigenvalue weighted by molar-refractivity contribution is 5.86. The summed E-state index contributed by atoms with van der Waals surface area (Å²) in [4.78, 5) is 0. The first-order chi connectivity index (χ1) is 7.19. The van der Waals surface area contributed by atoms with Gasteiger partial charge in [0.15, 0.2) is 0 Å². The number of hydrogen-bond acceptors (Lipinski definition) is 2. The monoisotopic (exact) mass is 209 g/mol. The molecule has 1 unspecified atom stereocenters. The molecule has 1 atom stereocenters. The van der Waals surface area contributed by atoms with Crippen LogP contribution in [0.2, 0.25) is 0 Å². The highest BCUT2D eigenvalue weighted by Crippen LogP contribution is 2.16. The Bertz CT molecular complexity index is 241. The summed E-state index contributed by atoms with van der Waals surface area (Å²) >= 11 is 0. The van der Waals surface area contributed by atoms with Crippen LogP contribution in [-0.4, -0.2) is 10.9 Å². The van der Waals surface area contributed by atoms with Crippen LogP contribution in [0.1, 0.15) is 46.5 Å². The van der Waals surface area contributed by atoms with Gasteiger partial charge in [-0.3, -0.25) is 0 Å². The van der Waals surface area contributed by atoms with Gasteiger partial charge in [-0.1, -0.05) is 49.7 Å². The minimum Gasteiger partial charge on any atom is -0.411 e. The van der Waals surface area contributed by atoms with Crippen LogP contribution in [-0.2, 0) is 0 Å². The van der Waals surface area contributed by atoms with Crippen molar-refractivity contribution in [3.05, 3.63) is 24.3 Å². The molecule has 2 nitrogen and oxygen atoms in total. The standard InChI is InChI=1S/C13H23NO/c1-5-8-13(14-15)12(7-3)10-9-11(4)6-2/h6,9,12,15H,2,5,7-8,10H2,1,3-4H3. The fourth-order valence-corrected chi connectivity index (χ4v) is 1.54. The largest absolute Gasteiger partial charge is 0.411 e. The maximum absolute atomic E-state index is 8.93. The molecule has 0 aliphatic carbocycles. The third-order valence-electron chi connectivity index (χ3n) is 2.64. The van der Waals surface area contributed by atoms with Gasteiger partial charge in [0, 0.05) is 5.92 Å².